The molecule has 11 N–H and O–H groups in total. The molecule has 2 unspecified atom stereocenters. The Morgan fingerprint density at radius 2 is 1.18 bits per heavy atom. The lowest BCUT2D eigenvalue weighted by atomic mass is 9.62. The highest BCUT2D eigenvalue weighted by Crippen LogP contribution is 2.41. The zero-order valence-electron chi connectivity index (χ0n) is 55.5. The number of likely N-dealkylation sites (N-methyl/N-ethyl adjacent to an activating group) is 1. The summed E-state index contributed by atoms with van der Waals surface area (Å²) >= 11 is 0. The van der Waals surface area contributed by atoms with Crippen molar-refractivity contribution >= 4 is 51.2 Å². The number of carbonyl (C=O) groups is 6. The van der Waals surface area contributed by atoms with Gasteiger partial charge in [-0.1, -0.05) is 152 Å². The number of ether oxygens (including phenoxy) is 3. The van der Waals surface area contributed by atoms with Crippen LogP contribution in [0, 0.1) is 23.2 Å². The summed E-state index contributed by atoms with van der Waals surface area (Å²) in [5, 5.41) is 19.4. The molecule has 1 aliphatic heterocycles. The zero-order valence-corrected chi connectivity index (χ0v) is 56.3. The average Bonchev–Trinajstić information content (AvgIpc) is 0.902. The number of benzene rings is 4. The number of nitrogens with zero attached hydrogens (tertiary/aromatic N) is 1. The van der Waals surface area contributed by atoms with Gasteiger partial charge in [0.15, 0.2) is 0 Å². The molecule has 0 spiro atoms. The van der Waals surface area contributed by atoms with Crippen molar-refractivity contribution in [2.24, 2.45) is 34.6 Å². The number of anilines is 1. The Labute approximate surface area is 545 Å². The van der Waals surface area contributed by atoms with Gasteiger partial charge in [-0.3, -0.25) is 33.7 Å². The third-order valence-electron chi connectivity index (χ3n) is 16.8. The van der Waals surface area contributed by atoms with Gasteiger partial charge < -0.3 is 57.6 Å². The zero-order chi connectivity index (χ0) is 67.4. The molecule has 6 amide bonds. The number of hydrogen-bond acceptors (Lipinski definition) is 16. The third kappa shape index (κ3) is 23.8. The van der Waals surface area contributed by atoms with E-state index in [1.807, 2.05) is 99.0 Å². The van der Waals surface area contributed by atoms with E-state index in [9.17, 15) is 37.2 Å². The fourth-order valence-electron chi connectivity index (χ4n) is 11.8. The average molecular weight is 1290 g/mol. The first-order chi connectivity index (χ1) is 43.8. The van der Waals surface area contributed by atoms with Crippen molar-refractivity contribution < 1.29 is 51.4 Å². The molecule has 4 aromatic carbocycles. The molecule has 0 fully saturated rings. The van der Waals surface area contributed by atoms with Crippen LogP contribution in [0.5, 0.6) is 0 Å². The first-order valence-corrected chi connectivity index (χ1v) is 33.5. The van der Waals surface area contributed by atoms with Gasteiger partial charge in [-0.25, -0.2) is 13.1 Å². The van der Waals surface area contributed by atoms with Gasteiger partial charge in [0.2, 0.25) is 17.7 Å². The van der Waals surface area contributed by atoms with Crippen molar-refractivity contribution in [2.45, 2.75) is 140 Å². The van der Waals surface area contributed by atoms with E-state index in [0.717, 1.165) is 21.6 Å². The Bertz CT molecular complexity index is 3110. The number of rotatable bonds is 41. The predicted molar refractivity (Wildman–Crippen MR) is 360 cm³/mol. The first-order valence-electron chi connectivity index (χ1n) is 32.0. The molecule has 22 heteroatoms. The topological polar surface area (TPSA) is 304 Å². The van der Waals surface area contributed by atoms with E-state index < -0.39 is 51.8 Å². The van der Waals surface area contributed by atoms with Crippen molar-refractivity contribution in [3.05, 3.63) is 156 Å². The van der Waals surface area contributed by atoms with Crippen molar-refractivity contribution in [3.8, 4) is 0 Å². The van der Waals surface area contributed by atoms with Crippen molar-refractivity contribution in [2.75, 3.05) is 78.7 Å². The number of nitrogens with one attached hydrogen (secondary N) is 7. The maximum Gasteiger partial charge on any atom is 0.264 e. The maximum atomic E-state index is 14.5. The van der Waals surface area contributed by atoms with Crippen LogP contribution in [-0.2, 0) is 71.3 Å². The van der Waals surface area contributed by atoms with Crippen LogP contribution in [-0.4, -0.2) is 158 Å². The van der Waals surface area contributed by atoms with Crippen molar-refractivity contribution in [1.29, 1.82) is 0 Å². The van der Waals surface area contributed by atoms with E-state index in [2.05, 4.69) is 97.2 Å². The molecule has 92 heavy (non-hydrogen) atoms. The largest absolute Gasteiger partial charge is 0.383 e. The molecule has 0 saturated carbocycles. The second-order valence-electron chi connectivity index (χ2n) is 25.4. The van der Waals surface area contributed by atoms with Crippen LogP contribution >= 0.6 is 0 Å². The highest BCUT2D eigenvalue weighted by Gasteiger charge is 2.46. The number of unbranched alkanes of at least 4 members (excludes halogenated alkanes) is 1. The minimum Gasteiger partial charge on any atom is -0.383 e. The highest BCUT2D eigenvalue weighted by atomic mass is 32.2. The van der Waals surface area contributed by atoms with Gasteiger partial charge >= 0.3 is 0 Å². The monoisotopic (exact) mass is 1290 g/mol. The smallest absolute Gasteiger partial charge is 0.264 e. The maximum absolute atomic E-state index is 14.5. The van der Waals surface area contributed by atoms with Crippen molar-refractivity contribution in [1.82, 2.24) is 36.2 Å². The molecule has 0 saturated heterocycles. The van der Waals surface area contributed by atoms with Crippen LogP contribution in [0.3, 0.4) is 0 Å². The van der Waals surface area contributed by atoms with Crippen LogP contribution in [0.15, 0.2) is 144 Å². The number of amides is 6. The molecule has 504 valence electrons. The van der Waals surface area contributed by atoms with E-state index in [1.165, 1.54) is 24.3 Å². The Balaban J connectivity index is 1.22. The SMILES string of the molecule is CNC([C@H](/C=C(\C)C(=O)NS(=O)(=O)c1ccc(NC[C@@H](CCCCN)NC(=O)[C@H](Cc2ccccc2)NC(=O)[C@@H](Cc2ccccc2)NC(=O)CCOCCOCCOCCN2C(=O)C=CC2=O)cc1)C(C)C)[C@@H](C(N)[C@@H](NC)C(C)(C)c1ccccc1)C(C)(C)C. The van der Waals surface area contributed by atoms with E-state index in [1.54, 1.807) is 19.1 Å². The molecule has 5 rings (SSSR count). The summed E-state index contributed by atoms with van der Waals surface area (Å²) in [4.78, 5) is 80.6. The van der Waals surface area contributed by atoms with Crippen LogP contribution in [0.25, 0.3) is 0 Å². The summed E-state index contributed by atoms with van der Waals surface area (Å²) in [6.45, 7) is 18.7. The molecule has 21 nitrogen and oxygen atoms in total. The Kier molecular flexibility index (Phi) is 30.8. The number of sulfonamides is 1. The minimum absolute atomic E-state index is 0.0341. The van der Waals surface area contributed by atoms with Gasteiger partial charge in [0.1, 0.15) is 12.1 Å². The molecule has 1 aliphatic rings. The lowest BCUT2D eigenvalue weighted by Gasteiger charge is -2.50. The number of carbonyl (C=O) groups excluding carboxylic acids is 6. The quantitative estimate of drug-likeness (QED) is 0.0146. The van der Waals surface area contributed by atoms with E-state index in [0.29, 0.717) is 31.5 Å². The second kappa shape index (κ2) is 37.5. The summed E-state index contributed by atoms with van der Waals surface area (Å²) in [7, 11) is -0.485. The summed E-state index contributed by atoms with van der Waals surface area (Å²) in [5.41, 5.74) is 16.2. The van der Waals surface area contributed by atoms with E-state index >= 15 is 0 Å². The van der Waals surface area contributed by atoms with Gasteiger partial charge in [0, 0.05) is 78.8 Å². The summed E-state index contributed by atoms with van der Waals surface area (Å²) < 4.78 is 46.7. The fourth-order valence-corrected chi connectivity index (χ4v) is 12.8. The normalized spacial score (nSPS) is 15.7. The second-order valence-corrected chi connectivity index (χ2v) is 27.1. The molecule has 1 heterocycles. The van der Waals surface area contributed by atoms with Crippen molar-refractivity contribution in [3.63, 3.8) is 0 Å². The molecule has 0 radical (unpaired) electrons. The van der Waals surface area contributed by atoms with Crippen LogP contribution in [0.2, 0.25) is 0 Å². The molecule has 0 aromatic heterocycles. The lowest BCUT2D eigenvalue weighted by molar-refractivity contribution is -0.138. The Morgan fingerprint density at radius 1 is 0.663 bits per heavy atom. The number of hydrogen-bond donors (Lipinski definition) is 9. The highest BCUT2D eigenvalue weighted by molar-refractivity contribution is 7.90. The van der Waals surface area contributed by atoms with E-state index in [4.69, 9.17) is 25.7 Å². The van der Waals surface area contributed by atoms with Gasteiger partial charge in [-0.15, -0.1) is 0 Å². The van der Waals surface area contributed by atoms with E-state index in [-0.39, 0.29) is 141 Å². The Morgan fingerprint density at radius 3 is 1.71 bits per heavy atom. The summed E-state index contributed by atoms with van der Waals surface area (Å²) in [5.74, 6) is -3.23. The van der Waals surface area contributed by atoms with Gasteiger partial charge in [0.25, 0.3) is 27.7 Å². The van der Waals surface area contributed by atoms with Crippen LogP contribution in [0.1, 0.15) is 97.8 Å². The summed E-state index contributed by atoms with van der Waals surface area (Å²) in [6.07, 6.45) is 6.43. The Hall–Kier alpha value is -7.15. The molecule has 8 atom stereocenters. The van der Waals surface area contributed by atoms with Gasteiger partial charge in [-0.2, -0.15) is 0 Å². The molecular formula is C70H102N10O11S. The molecule has 4 aromatic rings. The third-order valence-corrected chi connectivity index (χ3v) is 18.2. The summed E-state index contributed by atoms with van der Waals surface area (Å²) in [6, 6.07) is 31.5. The molecular weight excluding hydrogens is 1190 g/mol. The lowest BCUT2D eigenvalue weighted by Crippen LogP contribution is -2.64. The number of nitrogens with two attached hydrogens (primary N) is 2. The predicted octanol–water partition coefficient (Wildman–Crippen LogP) is 5.70. The van der Waals surface area contributed by atoms with Gasteiger partial charge in [-0.05, 0) is 105 Å². The fraction of sp³-hybridized carbons (Fsp3) is 0.514. The molecule has 0 bridgehead atoms. The molecule has 0 aliphatic carbocycles. The van der Waals surface area contributed by atoms with Crippen LogP contribution < -0.4 is 48.1 Å². The van der Waals surface area contributed by atoms with Crippen LogP contribution in [0.4, 0.5) is 5.69 Å². The standard InChI is InChI=1S/C70H102N10O11S/c1-48(2)56(64(73-9)62(69(4,5)6)63(72)65(74-10)70(7,8)52-26-18-13-19-27-52)44-49(3)66(84)79-92(87,88)55-31-29-53(30-32-55)75-47-54(28-20-21-36-71)76-67(85)58(46-51-24-16-12-17-25-51)78-68(86)57(45-50-22-14-11-15-23-50)77-59(81)35-38-89-40-42-91-43-41-90-39-37-80-60(82)33-34-61(80)83/h11-19,22-27,29-34,44,48,54,56-58,62-65,73-75H,20-21,28,35-43,45-47,71-72H2,1-10H3,(H,76,85)(H,77,81)(H,78,86)(H,79,84)/b49-44+/t54-,56-,57-,58+,62-,63?,64?,65-/m1/s1. The first kappa shape index (κ1) is 75.6. The number of imide groups is 1. The van der Waals surface area contributed by atoms with Gasteiger partial charge in [0.05, 0.1) is 51.1 Å². The minimum atomic E-state index is -4.33.